The lowest BCUT2D eigenvalue weighted by Crippen LogP contribution is -2.20. The van der Waals surface area contributed by atoms with Gasteiger partial charge in [-0.15, -0.1) is 0 Å². The lowest BCUT2D eigenvalue weighted by atomic mass is 10.0. The van der Waals surface area contributed by atoms with E-state index in [9.17, 15) is 4.79 Å². The molecule has 0 radical (unpaired) electrons. The van der Waals surface area contributed by atoms with Crippen molar-refractivity contribution in [2.75, 3.05) is 33.3 Å². The van der Waals surface area contributed by atoms with E-state index >= 15 is 0 Å². The molecule has 0 aliphatic rings. The van der Waals surface area contributed by atoms with Crippen LogP contribution in [0, 0.1) is 0 Å². The number of methoxy groups -OCH3 is 3. The molecule has 1 amide bonds. The Morgan fingerprint density at radius 3 is 2.19 bits per heavy atom. The molecule has 2 aromatic rings. The smallest absolute Gasteiger partial charge is 0.262 e. The van der Waals surface area contributed by atoms with Crippen LogP contribution in [0.3, 0.4) is 0 Å². The van der Waals surface area contributed by atoms with Gasteiger partial charge in [0.15, 0.2) is 18.1 Å². The zero-order valence-electron chi connectivity index (χ0n) is 15.8. The Bertz CT molecular complexity index is 733. The fourth-order valence-corrected chi connectivity index (χ4v) is 2.46. The van der Waals surface area contributed by atoms with E-state index in [2.05, 4.69) is 19.2 Å². The molecule has 0 spiro atoms. The van der Waals surface area contributed by atoms with Crippen LogP contribution in [0.15, 0.2) is 36.4 Å². The lowest BCUT2D eigenvalue weighted by Gasteiger charge is -2.15. The van der Waals surface area contributed by atoms with Crippen LogP contribution in [0.2, 0.25) is 0 Å². The van der Waals surface area contributed by atoms with Gasteiger partial charge in [0.05, 0.1) is 21.3 Å². The quantitative estimate of drug-likeness (QED) is 0.775. The number of benzene rings is 2. The van der Waals surface area contributed by atoms with Crippen LogP contribution in [0.1, 0.15) is 25.3 Å². The zero-order valence-corrected chi connectivity index (χ0v) is 15.8. The molecule has 6 nitrogen and oxygen atoms in total. The largest absolute Gasteiger partial charge is 0.493 e. The summed E-state index contributed by atoms with van der Waals surface area (Å²) < 4.78 is 21.4. The van der Waals surface area contributed by atoms with Gasteiger partial charge in [0, 0.05) is 17.8 Å². The maximum Gasteiger partial charge on any atom is 0.262 e. The molecule has 140 valence electrons. The van der Waals surface area contributed by atoms with Crippen molar-refractivity contribution in [2.45, 2.75) is 19.8 Å². The summed E-state index contributed by atoms with van der Waals surface area (Å²) in [4.78, 5) is 12.2. The molecule has 0 heterocycles. The maximum atomic E-state index is 12.2. The van der Waals surface area contributed by atoms with Crippen molar-refractivity contribution in [1.82, 2.24) is 0 Å². The molecule has 0 aromatic heterocycles. The minimum absolute atomic E-state index is 0.0990. The third-order valence-electron chi connectivity index (χ3n) is 3.84. The van der Waals surface area contributed by atoms with Gasteiger partial charge in [0.1, 0.15) is 5.75 Å². The van der Waals surface area contributed by atoms with Crippen molar-refractivity contribution in [3.8, 4) is 23.0 Å². The normalized spacial score (nSPS) is 10.4. The Morgan fingerprint density at radius 1 is 1.00 bits per heavy atom. The molecule has 2 aromatic carbocycles. The molecule has 0 aliphatic carbocycles. The number of nitrogens with one attached hydrogen (secondary N) is 1. The lowest BCUT2D eigenvalue weighted by molar-refractivity contribution is -0.118. The number of hydrogen-bond acceptors (Lipinski definition) is 5. The fourth-order valence-electron chi connectivity index (χ4n) is 2.46. The third-order valence-corrected chi connectivity index (χ3v) is 3.84. The van der Waals surface area contributed by atoms with Crippen molar-refractivity contribution in [1.29, 1.82) is 0 Å². The van der Waals surface area contributed by atoms with Crippen molar-refractivity contribution >= 4 is 11.6 Å². The number of ether oxygens (including phenoxy) is 4. The van der Waals surface area contributed by atoms with Gasteiger partial charge in [0.25, 0.3) is 5.91 Å². The third kappa shape index (κ3) is 4.81. The molecule has 26 heavy (non-hydrogen) atoms. The van der Waals surface area contributed by atoms with Gasteiger partial charge < -0.3 is 24.3 Å². The predicted molar refractivity (Wildman–Crippen MR) is 101 cm³/mol. The van der Waals surface area contributed by atoms with E-state index in [1.165, 1.54) is 21.3 Å². The number of amides is 1. The molecule has 1 N–H and O–H groups in total. The molecule has 0 fully saturated rings. The standard InChI is InChI=1S/C20H25NO5/c1-13(2)14-7-6-8-16(9-14)26-12-19(22)21-15-10-17(23-3)20(25-5)18(11-15)24-4/h6-11,13H,12H2,1-5H3,(H,21,22). The number of anilines is 1. The van der Waals surface area contributed by atoms with Gasteiger partial charge >= 0.3 is 0 Å². The van der Waals surface area contributed by atoms with Crippen molar-refractivity contribution in [3.63, 3.8) is 0 Å². The summed E-state index contributed by atoms with van der Waals surface area (Å²) in [6, 6.07) is 11.1. The fraction of sp³-hybridized carbons (Fsp3) is 0.350. The van der Waals surface area contributed by atoms with Crippen LogP contribution in [0.5, 0.6) is 23.0 Å². The number of hydrogen-bond donors (Lipinski definition) is 1. The van der Waals surface area contributed by atoms with Crippen LogP contribution < -0.4 is 24.3 Å². The van der Waals surface area contributed by atoms with Crippen LogP contribution in [0.4, 0.5) is 5.69 Å². The van der Waals surface area contributed by atoms with Crippen LogP contribution >= 0.6 is 0 Å². The van der Waals surface area contributed by atoms with Gasteiger partial charge in [-0.05, 0) is 23.6 Å². The maximum absolute atomic E-state index is 12.2. The second kappa shape index (κ2) is 8.99. The predicted octanol–water partition coefficient (Wildman–Crippen LogP) is 3.85. The van der Waals surface area contributed by atoms with E-state index in [-0.39, 0.29) is 12.5 Å². The first-order valence-corrected chi connectivity index (χ1v) is 8.31. The van der Waals surface area contributed by atoms with E-state index in [4.69, 9.17) is 18.9 Å². The second-order valence-electron chi connectivity index (χ2n) is 5.98. The molecule has 0 aliphatic heterocycles. The van der Waals surface area contributed by atoms with E-state index in [0.717, 1.165) is 5.56 Å². The SMILES string of the molecule is COc1cc(NC(=O)COc2cccc(C(C)C)c2)cc(OC)c1OC. The van der Waals surface area contributed by atoms with Crippen LogP contribution in [-0.4, -0.2) is 33.8 Å². The molecule has 0 atom stereocenters. The van der Waals surface area contributed by atoms with Gasteiger partial charge in [-0.1, -0.05) is 26.0 Å². The average Bonchev–Trinajstić information content (AvgIpc) is 2.65. The summed E-state index contributed by atoms with van der Waals surface area (Å²) >= 11 is 0. The summed E-state index contributed by atoms with van der Waals surface area (Å²) in [6.07, 6.45) is 0. The van der Waals surface area contributed by atoms with Gasteiger partial charge in [0.2, 0.25) is 5.75 Å². The van der Waals surface area contributed by atoms with Gasteiger partial charge in [-0.3, -0.25) is 4.79 Å². The summed E-state index contributed by atoms with van der Waals surface area (Å²) in [5.41, 5.74) is 1.69. The van der Waals surface area contributed by atoms with E-state index in [1.54, 1.807) is 12.1 Å². The van der Waals surface area contributed by atoms with Gasteiger partial charge in [-0.25, -0.2) is 0 Å². The topological polar surface area (TPSA) is 66.0 Å². The molecular formula is C20H25NO5. The number of carbonyl (C=O) groups is 1. The monoisotopic (exact) mass is 359 g/mol. The zero-order chi connectivity index (χ0) is 19.1. The first kappa shape index (κ1) is 19.4. The van der Waals surface area contributed by atoms with Crippen LogP contribution in [0.25, 0.3) is 0 Å². The Hall–Kier alpha value is -2.89. The minimum Gasteiger partial charge on any atom is -0.493 e. The van der Waals surface area contributed by atoms with E-state index in [1.807, 2.05) is 24.3 Å². The van der Waals surface area contributed by atoms with Crippen molar-refractivity contribution in [3.05, 3.63) is 42.0 Å². The first-order chi connectivity index (χ1) is 12.5. The van der Waals surface area contributed by atoms with E-state index in [0.29, 0.717) is 34.6 Å². The highest BCUT2D eigenvalue weighted by Gasteiger charge is 2.14. The summed E-state index contributed by atoms with van der Waals surface area (Å²) in [5, 5.41) is 2.77. The Balaban J connectivity index is 2.05. The molecule has 0 saturated carbocycles. The summed E-state index contributed by atoms with van der Waals surface area (Å²) in [6.45, 7) is 4.12. The highest BCUT2D eigenvalue weighted by atomic mass is 16.5. The minimum atomic E-state index is -0.283. The average molecular weight is 359 g/mol. The molecule has 6 heteroatoms. The molecular weight excluding hydrogens is 334 g/mol. The Labute approximate surface area is 154 Å². The van der Waals surface area contributed by atoms with Gasteiger partial charge in [-0.2, -0.15) is 0 Å². The summed E-state index contributed by atoms with van der Waals surface area (Å²) in [7, 11) is 4.57. The molecule has 0 saturated heterocycles. The number of rotatable bonds is 8. The highest BCUT2D eigenvalue weighted by molar-refractivity contribution is 5.92. The van der Waals surface area contributed by atoms with Crippen molar-refractivity contribution < 1.29 is 23.7 Å². The van der Waals surface area contributed by atoms with Crippen LogP contribution in [-0.2, 0) is 4.79 Å². The molecule has 2 rings (SSSR count). The highest BCUT2D eigenvalue weighted by Crippen LogP contribution is 2.39. The molecule has 0 bridgehead atoms. The van der Waals surface area contributed by atoms with E-state index < -0.39 is 0 Å². The number of carbonyl (C=O) groups excluding carboxylic acids is 1. The Kier molecular flexibility index (Phi) is 6.72. The Morgan fingerprint density at radius 2 is 1.65 bits per heavy atom. The molecule has 0 unspecified atom stereocenters. The first-order valence-electron chi connectivity index (χ1n) is 8.31. The second-order valence-corrected chi connectivity index (χ2v) is 5.98. The van der Waals surface area contributed by atoms with Crippen molar-refractivity contribution in [2.24, 2.45) is 0 Å². The summed E-state index contributed by atoms with van der Waals surface area (Å²) in [5.74, 6) is 2.17.